The first-order chi connectivity index (χ1) is 11.7. The molecule has 1 heterocycles. The van der Waals surface area contributed by atoms with Gasteiger partial charge in [0.25, 0.3) is 0 Å². The molecule has 1 N–H and O–H groups in total. The van der Waals surface area contributed by atoms with E-state index in [0.717, 1.165) is 49.5 Å². The molecule has 2 aliphatic carbocycles. The van der Waals surface area contributed by atoms with Crippen LogP contribution in [0.5, 0.6) is 0 Å². The summed E-state index contributed by atoms with van der Waals surface area (Å²) in [5.41, 5.74) is 1.04. The molecule has 7 heteroatoms. The molecule has 0 bridgehead atoms. The maximum atomic E-state index is 8.82. The van der Waals surface area contributed by atoms with Crippen LogP contribution in [0.2, 0.25) is 0 Å². The fourth-order valence-corrected chi connectivity index (χ4v) is 3.46. The molecule has 0 amide bonds. The molecule has 136 valence electrons. The van der Waals surface area contributed by atoms with E-state index in [1.807, 2.05) is 12.3 Å². The minimum absolute atomic E-state index is 0.208. The number of nitrogens with zero attached hydrogens (tertiary/aromatic N) is 3. The Balaban J connectivity index is 0.000000454. The van der Waals surface area contributed by atoms with E-state index in [-0.39, 0.29) is 6.10 Å². The zero-order chi connectivity index (χ0) is 17.2. The van der Waals surface area contributed by atoms with E-state index in [9.17, 15) is 0 Å². The SMILES string of the molecule is C1CCC1.CN(c1nccc(CCS)n1)C1CCC(OPO)CC1. The molecule has 3 rings (SSSR count). The highest BCUT2D eigenvalue weighted by Crippen LogP contribution is 2.29. The molecular formula is C17H30N3O2PS. The van der Waals surface area contributed by atoms with Crippen LogP contribution in [0.25, 0.3) is 0 Å². The third-order valence-electron chi connectivity index (χ3n) is 4.79. The summed E-state index contributed by atoms with van der Waals surface area (Å²) in [7, 11) is 1.66. The van der Waals surface area contributed by atoms with Crippen LogP contribution in [-0.4, -0.2) is 39.8 Å². The number of thiol groups is 1. The second-order valence-corrected chi connectivity index (χ2v) is 7.35. The van der Waals surface area contributed by atoms with Crippen molar-refractivity contribution < 1.29 is 9.42 Å². The van der Waals surface area contributed by atoms with Gasteiger partial charge in [-0.05, 0) is 43.9 Å². The lowest BCUT2D eigenvalue weighted by molar-refractivity contribution is 0.155. The van der Waals surface area contributed by atoms with Crippen molar-refractivity contribution in [3.63, 3.8) is 0 Å². The molecule has 1 aromatic rings. The van der Waals surface area contributed by atoms with Gasteiger partial charge in [-0.15, -0.1) is 0 Å². The summed E-state index contributed by atoms with van der Waals surface area (Å²) in [5.74, 6) is 1.59. The molecule has 2 saturated carbocycles. The molecular weight excluding hydrogens is 341 g/mol. The van der Waals surface area contributed by atoms with Crippen molar-refractivity contribution in [2.75, 3.05) is 17.7 Å². The van der Waals surface area contributed by atoms with Crippen LogP contribution < -0.4 is 4.90 Å². The molecule has 0 aromatic carbocycles. The number of hydrogen-bond donors (Lipinski definition) is 2. The van der Waals surface area contributed by atoms with Gasteiger partial charge in [0, 0.05) is 25.0 Å². The normalized spacial score (nSPS) is 23.5. The molecule has 5 nitrogen and oxygen atoms in total. The van der Waals surface area contributed by atoms with Crippen molar-refractivity contribution in [1.29, 1.82) is 0 Å². The van der Waals surface area contributed by atoms with E-state index in [2.05, 4.69) is 34.5 Å². The lowest BCUT2D eigenvalue weighted by Crippen LogP contribution is -2.37. The van der Waals surface area contributed by atoms with E-state index in [1.165, 1.54) is 25.7 Å². The summed E-state index contributed by atoms with van der Waals surface area (Å²) in [6.45, 7) is 0. The van der Waals surface area contributed by atoms with Crippen LogP contribution >= 0.6 is 21.7 Å². The lowest BCUT2D eigenvalue weighted by Gasteiger charge is -2.34. The maximum Gasteiger partial charge on any atom is 0.225 e. The first-order valence-corrected chi connectivity index (χ1v) is 10.4. The van der Waals surface area contributed by atoms with Gasteiger partial charge in [-0.2, -0.15) is 12.6 Å². The highest BCUT2D eigenvalue weighted by Gasteiger charge is 2.25. The Hall–Kier alpha value is -0.420. The van der Waals surface area contributed by atoms with Gasteiger partial charge in [-0.25, -0.2) is 9.97 Å². The quantitative estimate of drug-likeness (QED) is 0.589. The average molecular weight is 371 g/mol. The van der Waals surface area contributed by atoms with Crippen molar-refractivity contribution in [3.8, 4) is 0 Å². The smallest absolute Gasteiger partial charge is 0.225 e. The first kappa shape index (κ1) is 19.9. The molecule has 0 aliphatic heterocycles. The van der Waals surface area contributed by atoms with E-state index >= 15 is 0 Å². The zero-order valence-corrected chi connectivity index (χ0v) is 16.4. The Labute approximate surface area is 153 Å². The summed E-state index contributed by atoms with van der Waals surface area (Å²) < 4.78 is 5.29. The van der Waals surface area contributed by atoms with Crippen LogP contribution in [0, 0.1) is 0 Å². The number of aryl methyl sites for hydroxylation is 1. The standard InChI is InChI=1S/C13H22N3O2PS.C4H8/c1-16(11-2-4-12(5-3-11)18-19-17)13-14-8-6-10(15-13)7-9-20;1-2-4-3-1/h6,8,11-12,17,19-20H,2-5,7,9H2,1H3;1-4H2. The van der Waals surface area contributed by atoms with Gasteiger partial charge >= 0.3 is 0 Å². The fraction of sp³-hybridized carbons (Fsp3) is 0.765. The highest BCUT2D eigenvalue weighted by atomic mass is 32.1. The second-order valence-electron chi connectivity index (χ2n) is 6.49. The third-order valence-corrected chi connectivity index (χ3v) is 5.46. The summed E-state index contributed by atoms with van der Waals surface area (Å²) in [6, 6.07) is 2.39. The van der Waals surface area contributed by atoms with Gasteiger partial charge in [-0.1, -0.05) is 25.7 Å². The predicted octanol–water partition coefficient (Wildman–Crippen LogP) is 3.77. The Morgan fingerprint density at radius 1 is 1.25 bits per heavy atom. The minimum Gasteiger partial charge on any atom is -0.352 e. The molecule has 2 fully saturated rings. The monoisotopic (exact) mass is 371 g/mol. The number of rotatable bonds is 6. The number of hydrogen-bond acceptors (Lipinski definition) is 6. The van der Waals surface area contributed by atoms with Crippen LogP contribution in [0.1, 0.15) is 57.1 Å². The molecule has 24 heavy (non-hydrogen) atoms. The summed E-state index contributed by atoms with van der Waals surface area (Å²) in [4.78, 5) is 19.9. The van der Waals surface area contributed by atoms with E-state index < -0.39 is 9.03 Å². The Morgan fingerprint density at radius 2 is 1.92 bits per heavy atom. The zero-order valence-electron chi connectivity index (χ0n) is 14.5. The van der Waals surface area contributed by atoms with Gasteiger partial charge in [0.05, 0.1) is 6.10 Å². The molecule has 1 unspecified atom stereocenters. The largest absolute Gasteiger partial charge is 0.352 e. The lowest BCUT2D eigenvalue weighted by atomic mass is 9.92. The van der Waals surface area contributed by atoms with Crippen LogP contribution in [0.15, 0.2) is 12.3 Å². The van der Waals surface area contributed by atoms with Crippen molar-refractivity contribution in [2.24, 2.45) is 0 Å². The maximum absolute atomic E-state index is 8.82. The van der Waals surface area contributed by atoms with Crippen molar-refractivity contribution in [2.45, 2.75) is 69.9 Å². The van der Waals surface area contributed by atoms with Gasteiger partial charge < -0.3 is 14.3 Å². The summed E-state index contributed by atoms with van der Waals surface area (Å²) >= 11 is 4.24. The Morgan fingerprint density at radius 3 is 2.46 bits per heavy atom. The van der Waals surface area contributed by atoms with E-state index in [0.29, 0.717) is 6.04 Å². The predicted molar refractivity (Wildman–Crippen MR) is 104 cm³/mol. The molecule has 0 saturated heterocycles. The molecule has 0 radical (unpaired) electrons. The van der Waals surface area contributed by atoms with Gasteiger partial charge in [0.15, 0.2) is 9.03 Å². The van der Waals surface area contributed by atoms with Crippen molar-refractivity contribution >= 4 is 27.6 Å². The average Bonchev–Trinajstić information content (AvgIpc) is 2.54. The third kappa shape index (κ3) is 6.47. The molecule has 1 atom stereocenters. The van der Waals surface area contributed by atoms with Crippen molar-refractivity contribution in [1.82, 2.24) is 9.97 Å². The number of anilines is 1. The summed E-state index contributed by atoms with van der Waals surface area (Å²) in [6.07, 6.45) is 13.0. The highest BCUT2D eigenvalue weighted by molar-refractivity contribution is 7.80. The van der Waals surface area contributed by atoms with Crippen LogP contribution in [0.4, 0.5) is 5.95 Å². The Kier molecular flexibility index (Phi) is 9.32. The van der Waals surface area contributed by atoms with Crippen LogP contribution in [0.3, 0.4) is 0 Å². The van der Waals surface area contributed by atoms with Gasteiger partial charge in [0.2, 0.25) is 5.95 Å². The second kappa shape index (κ2) is 11.2. The summed E-state index contributed by atoms with van der Waals surface area (Å²) in [5, 5.41) is 0. The van der Waals surface area contributed by atoms with Gasteiger partial charge in [0.1, 0.15) is 0 Å². The van der Waals surface area contributed by atoms with Gasteiger partial charge in [-0.3, -0.25) is 0 Å². The topological polar surface area (TPSA) is 58.5 Å². The Bertz CT molecular complexity index is 465. The van der Waals surface area contributed by atoms with E-state index in [4.69, 9.17) is 9.42 Å². The first-order valence-electron chi connectivity index (χ1n) is 8.95. The van der Waals surface area contributed by atoms with E-state index in [1.54, 1.807) is 0 Å². The molecule has 2 aliphatic rings. The molecule has 1 aromatic heterocycles. The fourth-order valence-electron chi connectivity index (χ4n) is 2.85. The van der Waals surface area contributed by atoms with Crippen LogP contribution in [-0.2, 0) is 10.9 Å². The minimum atomic E-state index is -0.399. The molecule has 0 spiro atoms. The number of aromatic nitrogens is 2. The van der Waals surface area contributed by atoms with Crippen molar-refractivity contribution in [3.05, 3.63) is 18.0 Å².